The predicted molar refractivity (Wildman–Crippen MR) is 162 cm³/mol. The minimum atomic E-state index is -4.19. The summed E-state index contributed by atoms with van der Waals surface area (Å²) >= 11 is 18.6. The number of aryl methyl sites for hydroxylation is 2. The minimum absolute atomic E-state index is 0.00449. The highest BCUT2D eigenvalue weighted by atomic mass is 35.5. The van der Waals surface area contributed by atoms with E-state index in [1.807, 2.05) is 20.8 Å². The standard InChI is InChI=1S/C29H32Cl3N3O4S/c1-18(2)33-29(37)21(5)34(16-22-9-13-25(30)27(32)14-22)28(36)17-35(23-10-8-20(4)26(31)15-23)40(38,39)24-11-6-19(3)7-12-24/h6-15,18,21H,16-17H2,1-5H3,(H,33,37)/t21-/m0/s1. The molecule has 0 unspecified atom stereocenters. The van der Waals surface area contributed by atoms with Crippen molar-refractivity contribution in [3.8, 4) is 0 Å². The monoisotopic (exact) mass is 623 g/mol. The zero-order valence-electron chi connectivity index (χ0n) is 22.9. The maximum Gasteiger partial charge on any atom is 0.264 e. The molecule has 1 N–H and O–H groups in total. The number of sulfonamides is 1. The van der Waals surface area contributed by atoms with E-state index in [9.17, 15) is 18.0 Å². The summed E-state index contributed by atoms with van der Waals surface area (Å²) in [6.45, 7) is 8.28. The highest BCUT2D eigenvalue weighted by molar-refractivity contribution is 7.92. The average Bonchev–Trinajstić information content (AvgIpc) is 2.88. The Kier molecular flexibility index (Phi) is 10.5. The van der Waals surface area contributed by atoms with E-state index in [1.165, 1.54) is 23.1 Å². The second-order valence-electron chi connectivity index (χ2n) is 9.87. The second kappa shape index (κ2) is 13.3. The predicted octanol–water partition coefficient (Wildman–Crippen LogP) is 6.40. The van der Waals surface area contributed by atoms with Gasteiger partial charge in [0.25, 0.3) is 10.0 Å². The molecule has 1 atom stereocenters. The van der Waals surface area contributed by atoms with E-state index in [4.69, 9.17) is 34.8 Å². The van der Waals surface area contributed by atoms with Crippen molar-refractivity contribution in [1.29, 1.82) is 0 Å². The van der Waals surface area contributed by atoms with Crippen LogP contribution in [-0.2, 0) is 26.2 Å². The van der Waals surface area contributed by atoms with Gasteiger partial charge in [-0.2, -0.15) is 0 Å². The SMILES string of the molecule is Cc1ccc(S(=O)(=O)N(CC(=O)N(Cc2ccc(Cl)c(Cl)c2)[C@@H](C)C(=O)NC(C)C)c2ccc(C)c(Cl)c2)cc1. The van der Waals surface area contributed by atoms with Crippen molar-refractivity contribution in [2.45, 2.75) is 58.1 Å². The summed E-state index contributed by atoms with van der Waals surface area (Å²) in [7, 11) is -4.19. The Bertz CT molecular complexity index is 1490. The Hall–Kier alpha value is -2.78. The molecule has 0 bridgehead atoms. The number of hydrogen-bond acceptors (Lipinski definition) is 4. The van der Waals surface area contributed by atoms with E-state index in [1.54, 1.807) is 56.3 Å². The summed E-state index contributed by atoms with van der Waals surface area (Å²) in [6.07, 6.45) is 0. The quantitative estimate of drug-likeness (QED) is 0.283. The average molecular weight is 625 g/mol. The third kappa shape index (κ3) is 7.69. The maximum absolute atomic E-state index is 13.9. The Balaban J connectivity index is 2.07. The molecule has 7 nitrogen and oxygen atoms in total. The third-order valence-corrected chi connectivity index (χ3v) is 9.20. The second-order valence-corrected chi connectivity index (χ2v) is 13.0. The molecule has 0 aliphatic carbocycles. The number of halogens is 3. The molecule has 2 amide bonds. The Morgan fingerprint density at radius 2 is 1.50 bits per heavy atom. The number of amides is 2. The molecule has 3 rings (SSSR count). The summed E-state index contributed by atoms with van der Waals surface area (Å²) in [5, 5.41) is 3.81. The van der Waals surface area contributed by atoms with Gasteiger partial charge in [0.05, 0.1) is 20.6 Å². The first-order valence-electron chi connectivity index (χ1n) is 12.6. The van der Waals surface area contributed by atoms with Gasteiger partial charge >= 0.3 is 0 Å². The van der Waals surface area contributed by atoms with Crippen LogP contribution >= 0.6 is 34.8 Å². The number of carbonyl (C=O) groups excluding carboxylic acids is 2. The van der Waals surface area contributed by atoms with Crippen LogP contribution in [0.25, 0.3) is 0 Å². The van der Waals surface area contributed by atoms with Crippen LogP contribution in [0, 0.1) is 13.8 Å². The lowest BCUT2D eigenvalue weighted by Crippen LogP contribution is -2.52. The van der Waals surface area contributed by atoms with E-state index in [0.29, 0.717) is 20.6 Å². The molecule has 0 aliphatic heterocycles. The number of rotatable bonds is 10. The molecule has 3 aromatic rings. The Morgan fingerprint density at radius 3 is 2.08 bits per heavy atom. The summed E-state index contributed by atoms with van der Waals surface area (Å²) in [4.78, 5) is 28.3. The summed E-state index contributed by atoms with van der Waals surface area (Å²) < 4.78 is 28.8. The third-order valence-electron chi connectivity index (χ3n) is 6.27. The first-order chi connectivity index (χ1) is 18.7. The van der Waals surface area contributed by atoms with Crippen LogP contribution in [-0.4, -0.2) is 43.8 Å². The molecule has 0 saturated heterocycles. The lowest BCUT2D eigenvalue weighted by atomic mass is 10.1. The van der Waals surface area contributed by atoms with Gasteiger partial charge in [0.1, 0.15) is 12.6 Å². The van der Waals surface area contributed by atoms with Crippen molar-refractivity contribution in [1.82, 2.24) is 10.2 Å². The molecule has 11 heteroatoms. The summed E-state index contributed by atoms with van der Waals surface area (Å²) in [5.41, 5.74) is 2.49. The van der Waals surface area contributed by atoms with E-state index in [0.717, 1.165) is 15.4 Å². The first kappa shape index (κ1) is 31.7. The van der Waals surface area contributed by atoms with Gasteiger partial charge in [-0.05, 0) is 82.1 Å². The van der Waals surface area contributed by atoms with Crippen LogP contribution in [0.2, 0.25) is 15.1 Å². The number of hydrogen-bond donors (Lipinski definition) is 1. The van der Waals surface area contributed by atoms with Gasteiger partial charge in [0, 0.05) is 17.6 Å². The van der Waals surface area contributed by atoms with Crippen molar-refractivity contribution in [2.75, 3.05) is 10.8 Å². The van der Waals surface area contributed by atoms with E-state index in [2.05, 4.69) is 5.32 Å². The molecule has 3 aromatic carbocycles. The number of benzene rings is 3. The van der Waals surface area contributed by atoms with E-state index in [-0.39, 0.29) is 29.1 Å². The molecule has 0 fully saturated rings. The van der Waals surface area contributed by atoms with Gasteiger partial charge in [-0.1, -0.05) is 64.6 Å². The normalized spacial score (nSPS) is 12.2. The molecule has 0 spiro atoms. The molecule has 0 aromatic heterocycles. The Morgan fingerprint density at radius 1 is 0.850 bits per heavy atom. The number of nitrogens with one attached hydrogen (secondary N) is 1. The van der Waals surface area contributed by atoms with Crippen molar-refractivity contribution in [3.63, 3.8) is 0 Å². The zero-order chi connectivity index (χ0) is 29.8. The minimum Gasteiger partial charge on any atom is -0.352 e. The number of anilines is 1. The molecular weight excluding hydrogens is 593 g/mol. The largest absolute Gasteiger partial charge is 0.352 e. The highest BCUT2D eigenvalue weighted by Gasteiger charge is 2.33. The molecule has 0 radical (unpaired) electrons. The van der Waals surface area contributed by atoms with Crippen LogP contribution in [0.15, 0.2) is 65.6 Å². The van der Waals surface area contributed by atoms with Crippen LogP contribution in [0.3, 0.4) is 0 Å². The Labute approximate surface area is 251 Å². The lowest BCUT2D eigenvalue weighted by Gasteiger charge is -2.32. The molecule has 214 valence electrons. The first-order valence-corrected chi connectivity index (χ1v) is 15.2. The van der Waals surface area contributed by atoms with Gasteiger partial charge in [-0.25, -0.2) is 8.42 Å². The van der Waals surface area contributed by atoms with Crippen molar-refractivity contribution in [3.05, 3.63) is 92.4 Å². The lowest BCUT2D eigenvalue weighted by molar-refractivity contribution is -0.139. The maximum atomic E-state index is 13.9. The molecular formula is C29H32Cl3N3O4S. The zero-order valence-corrected chi connectivity index (χ0v) is 26.0. The van der Waals surface area contributed by atoms with Gasteiger partial charge in [0.2, 0.25) is 11.8 Å². The van der Waals surface area contributed by atoms with E-state index >= 15 is 0 Å². The summed E-state index contributed by atoms with van der Waals surface area (Å²) in [6, 6.07) is 15.0. The fourth-order valence-electron chi connectivity index (χ4n) is 3.93. The van der Waals surface area contributed by atoms with Gasteiger partial charge in [-0.3, -0.25) is 13.9 Å². The van der Waals surface area contributed by atoms with Crippen LogP contribution < -0.4 is 9.62 Å². The smallest absolute Gasteiger partial charge is 0.264 e. The molecule has 40 heavy (non-hydrogen) atoms. The van der Waals surface area contributed by atoms with Crippen molar-refractivity contribution in [2.24, 2.45) is 0 Å². The van der Waals surface area contributed by atoms with Crippen LogP contribution in [0.4, 0.5) is 5.69 Å². The summed E-state index contributed by atoms with van der Waals surface area (Å²) in [5.74, 6) is -0.973. The number of carbonyl (C=O) groups is 2. The topological polar surface area (TPSA) is 86.8 Å². The van der Waals surface area contributed by atoms with Gasteiger partial charge < -0.3 is 10.2 Å². The molecule has 0 heterocycles. The molecule has 0 saturated carbocycles. The van der Waals surface area contributed by atoms with Crippen molar-refractivity contribution >= 4 is 62.3 Å². The van der Waals surface area contributed by atoms with Crippen molar-refractivity contribution < 1.29 is 18.0 Å². The van der Waals surface area contributed by atoms with E-state index < -0.39 is 28.5 Å². The van der Waals surface area contributed by atoms with Crippen LogP contribution in [0.1, 0.15) is 37.5 Å². The number of nitrogens with zero attached hydrogens (tertiary/aromatic N) is 2. The van der Waals surface area contributed by atoms with Gasteiger partial charge in [0.15, 0.2) is 0 Å². The van der Waals surface area contributed by atoms with Gasteiger partial charge in [-0.15, -0.1) is 0 Å². The highest BCUT2D eigenvalue weighted by Crippen LogP contribution is 2.29. The fourth-order valence-corrected chi connectivity index (χ4v) is 5.83. The van der Waals surface area contributed by atoms with Crippen LogP contribution in [0.5, 0.6) is 0 Å². The fraction of sp³-hybridized carbons (Fsp3) is 0.310. The molecule has 0 aliphatic rings.